The molecule has 1 saturated heterocycles. The summed E-state index contributed by atoms with van der Waals surface area (Å²) in [5.41, 5.74) is 4.02. The summed E-state index contributed by atoms with van der Waals surface area (Å²) in [7, 11) is 1.60. The summed E-state index contributed by atoms with van der Waals surface area (Å²) >= 11 is 6.11. The van der Waals surface area contributed by atoms with Gasteiger partial charge < -0.3 is 19.5 Å². The van der Waals surface area contributed by atoms with E-state index in [2.05, 4.69) is 11.1 Å². The molecule has 7 heteroatoms. The Morgan fingerprint density at radius 1 is 1.13 bits per heavy atom. The van der Waals surface area contributed by atoms with E-state index >= 15 is 0 Å². The van der Waals surface area contributed by atoms with E-state index in [1.54, 1.807) is 16.9 Å². The Kier molecular flexibility index (Phi) is 4.76. The van der Waals surface area contributed by atoms with Crippen LogP contribution in [0.2, 0.25) is 5.02 Å². The molecule has 1 fully saturated rings. The van der Waals surface area contributed by atoms with E-state index in [0.717, 1.165) is 27.7 Å². The van der Waals surface area contributed by atoms with Crippen molar-refractivity contribution in [1.82, 2.24) is 14.8 Å². The number of H-pyrrole nitrogens is 1. The number of benzene rings is 2. The van der Waals surface area contributed by atoms with Crippen LogP contribution in [0, 0.1) is 0 Å². The van der Waals surface area contributed by atoms with Gasteiger partial charge in [0.05, 0.1) is 19.2 Å². The van der Waals surface area contributed by atoms with Crippen LogP contribution in [0.4, 0.5) is 0 Å². The lowest BCUT2D eigenvalue weighted by atomic mass is 9.86. The van der Waals surface area contributed by atoms with Crippen LogP contribution in [-0.4, -0.2) is 59.4 Å². The van der Waals surface area contributed by atoms with Gasteiger partial charge in [-0.25, -0.2) is 0 Å². The number of nitrogens with zero attached hydrogens (tertiary/aromatic N) is 2. The van der Waals surface area contributed by atoms with Gasteiger partial charge in [-0.2, -0.15) is 0 Å². The highest BCUT2D eigenvalue weighted by Crippen LogP contribution is 2.42. The summed E-state index contributed by atoms with van der Waals surface area (Å²) in [5, 5.41) is 1.73. The fourth-order valence-electron chi connectivity index (χ4n) is 4.71. The maximum absolute atomic E-state index is 13.4. The first kappa shape index (κ1) is 19.2. The number of aromatic amines is 1. The summed E-state index contributed by atoms with van der Waals surface area (Å²) in [4.78, 5) is 33.5. The third-order valence-corrected chi connectivity index (χ3v) is 6.35. The highest BCUT2D eigenvalue weighted by molar-refractivity contribution is 6.30. The minimum Gasteiger partial charge on any atom is -0.383 e. The Labute approximate surface area is 179 Å². The Morgan fingerprint density at radius 3 is 2.67 bits per heavy atom. The molecular weight excluding hydrogens is 402 g/mol. The molecule has 0 bridgehead atoms. The monoisotopic (exact) mass is 423 g/mol. The molecule has 1 aromatic heterocycles. The molecule has 154 valence electrons. The predicted molar refractivity (Wildman–Crippen MR) is 114 cm³/mol. The Morgan fingerprint density at radius 2 is 1.90 bits per heavy atom. The molecule has 2 aliphatic heterocycles. The van der Waals surface area contributed by atoms with E-state index in [4.69, 9.17) is 16.3 Å². The maximum Gasteiger partial charge on any atom is 0.246 e. The van der Waals surface area contributed by atoms with Crippen molar-refractivity contribution in [2.75, 3.05) is 26.8 Å². The SMILES string of the molecule is COCCN1CC(=O)N2[C@H](c3ccc(Cl)cc3)c3[nH]c4ccccc4c3C[C@@H]2C1=O. The Balaban J connectivity index is 1.66. The van der Waals surface area contributed by atoms with Gasteiger partial charge in [0.25, 0.3) is 0 Å². The van der Waals surface area contributed by atoms with Crippen LogP contribution in [0.1, 0.15) is 22.9 Å². The van der Waals surface area contributed by atoms with Gasteiger partial charge in [-0.05, 0) is 29.3 Å². The van der Waals surface area contributed by atoms with Crippen molar-refractivity contribution in [2.45, 2.75) is 18.5 Å². The van der Waals surface area contributed by atoms with Gasteiger partial charge in [0.1, 0.15) is 6.04 Å². The van der Waals surface area contributed by atoms with Crippen molar-refractivity contribution < 1.29 is 14.3 Å². The highest BCUT2D eigenvalue weighted by atomic mass is 35.5. The number of rotatable bonds is 4. The minimum absolute atomic E-state index is 0.0263. The molecular formula is C23H22ClN3O3. The van der Waals surface area contributed by atoms with E-state index in [0.29, 0.717) is 24.6 Å². The number of halogens is 1. The average Bonchev–Trinajstić information content (AvgIpc) is 3.13. The summed E-state index contributed by atoms with van der Waals surface area (Å²) < 4.78 is 5.13. The molecule has 0 radical (unpaired) electrons. The summed E-state index contributed by atoms with van der Waals surface area (Å²) in [6.45, 7) is 0.890. The van der Waals surface area contributed by atoms with Crippen molar-refractivity contribution in [3.8, 4) is 0 Å². The number of hydrogen-bond donors (Lipinski definition) is 1. The van der Waals surface area contributed by atoms with Crippen molar-refractivity contribution in [3.63, 3.8) is 0 Å². The second kappa shape index (κ2) is 7.45. The van der Waals surface area contributed by atoms with E-state index in [-0.39, 0.29) is 24.4 Å². The molecule has 0 unspecified atom stereocenters. The number of hydrogen-bond acceptors (Lipinski definition) is 3. The third kappa shape index (κ3) is 2.99. The molecule has 0 aliphatic carbocycles. The van der Waals surface area contributed by atoms with Gasteiger partial charge in [0, 0.05) is 41.7 Å². The lowest BCUT2D eigenvalue weighted by Crippen LogP contribution is -2.63. The molecule has 30 heavy (non-hydrogen) atoms. The number of ether oxygens (including phenoxy) is 1. The maximum atomic E-state index is 13.4. The zero-order chi connectivity index (χ0) is 20.8. The van der Waals surface area contributed by atoms with E-state index < -0.39 is 6.04 Å². The van der Waals surface area contributed by atoms with Gasteiger partial charge in [0.2, 0.25) is 11.8 Å². The normalized spacial score (nSPS) is 21.1. The van der Waals surface area contributed by atoms with Gasteiger partial charge >= 0.3 is 0 Å². The van der Waals surface area contributed by atoms with E-state index in [1.165, 1.54) is 0 Å². The number of fused-ring (bicyclic) bond motifs is 4. The number of nitrogens with one attached hydrogen (secondary N) is 1. The van der Waals surface area contributed by atoms with Crippen LogP contribution < -0.4 is 0 Å². The number of aromatic nitrogens is 1. The smallest absolute Gasteiger partial charge is 0.246 e. The lowest BCUT2D eigenvalue weighted by Gasteiger charge is -2.47. The van der Waals surface area contributed by atoms with E-state index in [1.807, 2.05) is 42.5 Å². The van der Waals surface area contributed by atoms with Crippen LogP contribution in [0.25, 0.3) is 10.9 Å². The molecule has 3 aromatic rings. The molecule has 2 aromatic carbocycles. The molecule has 1 N–H and O–H groups in total. The average molecular weight is 424 g/mol. The van der Waals surface area contributed by atoms with Crippen molar-refractivity contribution in [2.24, 2.45) is 0 Å². The molecule has 2 amide bonds. The number of piperazine rings is 1. The van der Waals surface area contributed by atoms with Crippen LogP contribution in [0.5, 0.6) is 0 Å². The van der Waals surface area contributed by atoms with Crippen LogP contribution in [-0.2, 0) is 20.7 Å². The van der Waals surface area contributed by atoms with E-state index in [9.17, 15) is 9.59 Å². The number of para-hydroxylation sites is 1. The zero-order valence-corrected chi connectivity index (χ0v) is 17.4. The minimum atomic E-state index is -0.532. The predicted octanol–water partition coefficient (Wildman–Crippen LogP) is 3.15. The molecule has 0 saturated carbocycles. The van der Waals surface area contributed by atoms with Gasteiger partial charge in [0.15, 0.2) is 0 Å². The summed E-state index contributed by atoms with van der Waals surface area (Å²) in [6, 6.07) is 14.7. The number of amides is 2. The van der Waals surface area contributed by atoms with Crippen molar-refractivity contribution in [3.05, 3.63) is 70.4 Å². The zero-order valence-electron chi connectivity index (χ0n) is 16.6. The molecule has 6 nitrogen and oxygen atoms in total. The molecule has 3 heterocycles. The Bertz CT molecular complexity index is 1120. The van der Waals surface area contributed by atoms with Gasteiger partial charge in [-0.15, -0.1) is 0 Å². The molecule has 2 atom stereocenters. The second-order valence-electron chi connectivity index (χ2n) is 7.79. The summed E-state index contributed by atoms with van der Waals surface area (Å²) in [5.74, 6) is -0.0819. The van der Waals surface area contributed by atoms with Gasteiger partial charge in [-0.1, -0.05) is 41.9 Å². The fourth-order valence-corrected chi connectivity index (χ4v) is 4.83. The second-order valence-corrected chi connectivity index (χ2v) is 8.23. The third-order valence-electron chi connectivity index (χ3n) is 6.09. The van der Waals surface area contributed by atoms with Crippen molar-refractivity contribution in [1.29, 1.82) is 0 Å². The summed E-state index contributed by atoms with van der Waals surface area (Å²) in [6.07, 6.45) is 0.498. The first-order valence-electron chi connectivity index (χ1n) is 10.0. The van der Waals surface area contributed by atoms with Crippen LogP contribution >= 0.6 is 11.6 Å². The molecule has 0 spiro atoms. The number of methoxy groups -OCH3 is 1. The highest BCUT2D eigenvalue weighted by Gasteiger charge is 2.48. The van der Waals surface area contributed by atoms with Crippen LogP contribution in [0.3, 0.4) is 0 Å². The quantitative estimate of drug-likeness (QED) is 0.701. The first-order chi connectivity index (χ1) is 14.6. The molecule has 5 rings (SSSR count). The standard InChI is InChI=1S/C23H22ClN3O3/c1-30-11-10-26-13-20(28)27-19(23(26)29)12-17-16-4-2-3-5-18(16)25-21(17)22(27)14-6-8-15(24)9-7-14/h2-9,19,22,25H,10-13H2,1H3/t19-,22-/m1/s1. The Hall–Kier alpha value is -2.83. The largest absolute Gasteiger partial charge is 0.383 e. The van der Waals surface area contributed by atoms with Gasteiger partial charge in [-0.3, -0.25) is 9.59 Å². The fraction of sp³-hybridized carbons (Fsp3) is 0.304. The van der Waals surface area contributed by atoms with Crippen molar-refractivity contribution >= 4 is 34.3 Å². The lowest BCUT2D eigenvalue weighted by molar-refractivity contribution is -0.159. The number of carbonyl (C=O) groups is 2. The topological polar surface area (TPSA) is 65.6 Å². The first-order valence-corrected chi connectivity index (χ1v) is 10.4. The molecule has 2 aliphatic rings. The van der Waals surface area contributed by atoms with Crippen LogP contribution in [0.15, 0.2) is 48.5 Å². The number of carbonyl (C=O) groups excluding carboxylic acids is 2.